The van der Waals surface area contributed by atoms with Gasteiger partial charge in [0.15, 0.2) is 11.6 Å². The molecule has 0 radical (unpaired) electrons. The number of rotatable bonds is 14. The molecule has 188 valence electrons. The second kappa shape index (κ2) is 12.8. The van der Waals surface area contributed by atoms with E-state index in [-0.39, 0.29) is 17.0 Å². The van der Waals surface area contributed by atoms with Crippen molar-refractivity contribution < 1.29 is 14.0 Å². The van der Waals surface area contributed by atoms with Gasteiger partial charge in [0.2, 0.25) is 5.43 Å². The largest absolute Gasteiger partial charge is 0.456 e. The fraction of sp³-hybridized carbons (Fsp3) is 0.483. The summed E-state index contributed by atoms with van der Waals surface area (Å²) < 4.78 is 5.94. The Hall–Kier alpha value is -2.83. The molecule has 3 rings (SSSR count). The molecule has 0 unspecified atom stereocenters. The Labute approximate surface area is 207 Å². The highest BCUT2D eigenvalue weighted by molar-refractivity contribution is 6.02. The molecule has 0 fully saturated rings. The van der Waals surface area contributed by atoms with Gasteiger partial charge in [-0.3, -0.25) is 14.4 Å². The number of carbonyl (C=O) groups is 2. The molecule has 0 aliphatic heterocycles. The molecule has 0 amide bonds. The molecule has 3 aromatic rings. The quantitative estimate of drug-likeness (QED) is 0.172. The Balaban J connectivity index is 1.73. The van der Waals surface area contributed by atoms with Gasteiger partial charge in [0, 0.05) is 24.0 Å². The summed E-state index contributed by atoms with van der Waals surface area (Å²) in [6.07, 6.45) is 6.70. The topological polar surface area (TPSA) is 70.8 Å². The lowest BCUT2D eigenvalue weighted by Gasteiger charge is -2.09. The molecule has 0 atom stereocenters. The maximum atomic E-state index is 13.3. The van der Waals surface area contributed by atoms with E-state index in [9.17, 15) is 14.4 Å². The summed E-state index contributed by atoms with van der Waals surface area (Å²) in [7, 11) is 8.17. The van der Waals surface area contributed by atoms with Gasteiger partial charge in [0.05, 0.1) is 10.8 Å². The van der Waals surface area contributed by atoms with Crippen molar-refractivity contribution in [3.8, 4) is 0 Å². The zero-order chi connectivity index (χ0) is 25.4. The van der Waals surface area contributed by atoms with E-state index in [0.717, 1.165) is 51.6 Å². The minimum atomic E-state index is -0.206. The van der Waals surface area contributed by atoms with Crippen molar-refractivity contribution in [2.45, 2.75) is 51.4 Å². The molecular weight excluding hydrogens is 440 g/mol. The van der Waals surface area contributed by atoms with E-state index in [2.05, 4.69) is 9.80 Å². The smallest absolute Gasteiger partial charge is 0.200 e. The first-order valence-electron chi connectivity index (χ1n) is 12.6. The first kappa shape index (κ1) is 26.8. The fourth-order valence-electron chi connectivity index (χ4n) is 4.27. The van der Waals surface area contributed by atoms with Crippen molar-refractivity contribution in [2.75, 3.05) is 41.3 Å². The summed E-state index contributed by atoms with van der Waals surface area (Å²) in [6.45, 7) is 2.03. The van der Waals surface area contributed by atoms with Gasteiger partial charge in [-0.1, -0.05) is 12.8 Å². The number of hydrogen-bond acceptors (Lipinski definition) is 6. The van der Waals surface area contributed by atoms with Crippen molar-refractivity contribution in [1.82, 2.24) is 9.80 Å². The summed E-state index contributed by atoms with van der Waals surface area (Å²) in [5.41, 5.74) is 1.75. The van der Waals surface area contributed by atoms with Crippen molar-refractivity contribution in [2.24, 2.45) is 0 Å². The van der Waals surface area contributed by atoms with Gasteiger partial charge in [0.25, 0.3) is 0 Å². The number of Topliss-reactive ketones (excluding diaryl/α,β-unsaturated/α-hetero) is 2. The van der Waals surface area contributed by atoms with E-state index < -0.39 is 0 Å². The van der Waals surface area contributed by atoms with Crippen LogP contribution in [0.15, 0.2) is 45.6 Å². The average molecular weight is 479 g/mol. The predicted molar refractivity (Wildman–Crippen MR) is 143 cm³/mol. The number of fused-ring (bicyclic) bond motifs is 2. The van der Waals surface area contributed by atoms with E-state index in [1.54, 1.807) is 36.4 Å². The first-order chi connectivity index (χ1) is 16.8. The van der Waals surface area contributed by atoms with Crippen molar-refractivity contribution in [3.05, 3.63) is 57.7 Å². The average Bonchev–Trinajstić information content (AvgIpc) is 2.82. The second-order valence-electron chi connectivity index (χ2n) is 9.93. The van der Waals surface area contributed by atoms with Crippen LogP contribution in [-0.4, -0.2) is 62.6 Å². The van der Waals surface area contributed by atoms with Crippen LogP contribution in [0, 0.1) is 0 Å². The zero-order valence-electron chi connectivity index (χ0n) is 21.6. The molecule has 6 heteroatoms. The third kappa shape index (κ3) is 7.58. The van der Waals surface area contributed by atoms with Crippen LogP contribution in [0.3, 0.4) is 0 Å². The SMILES string of the molecule is CN(C)CCCCCC(=O)c1ccc2oc3ccc(C(=O)CCCCCN(C)C)cc3c(=O)c2c1. The highest BCUT2D eigenvalue weighted by atomic mass is 16.3. The number of unbranched alkanes of at least 4 members (excludes halogenated alkanes) is 4. The van der Waals surface area contributed by atoms with Crippen LogP contribution in [0.2, 0.25) is 0 Å². The molecule has 0 aliphatic carbocycles. The molecule has 0 saturated carbocycles. The Morgan fingerprint density at radius 2 is 1.09 bits per heavy atom. The lowest BCUT2D eigenvalue weighted by molar-refractivity contribution is 0.0971. The second-order valence-corrected chi connectivity index (χ2v) is 9.93. The number of benzene rings is 2. The summed E-state index contributed by atoms with van der Waals surface area (Å²) in [4.78, 5) is 42.9. The zero-order valence-corrected chi connectivity index (χ0v) is 21.6. The van der Waals surface area contributed by atoms with Crippen molar-refractivity contribution >= 4 is 33.5 Å². The summed E-state index contributed by atoms with van der Waals surface area (Å²) in [5.74, 6) is 0.0730. The third-order valence-corrected chi connectivity index (χ3v) is 6.33. The number of ketones is 2. The minimum Gasteiger partial charge on any atom is -0.456 e. The van der Waals surface area contributed by atoms with Crippen LogP contribution >= 0.6 is 0 Å². The van der Waals surface area contributed by atoms with E-state index in [0.29, 0.717) is 45.9 Å². The van der Waals surface area contributed by atoms with Crippen LogP contribution in [0.25, 0.3) is 21.9 Å². The Morgan fingerprint density at radius 3 is 1.49 bits per heavy atom. The maximum absolute atomic E-state index is 13.3. The van der Waals surface area contributed by atoms with Gasteiger partial charge in [-0.25, -0.2) is 0 Å². The lowest BCUT2D eigenvalue weighted by Crippen LogP contribution is -2.12. The van der Waals surface area contributed by atoms with Gasteiger partial charge >= 0.3 is 0 Å². The molecule has 6 nitrogen and oxygen atoms in total. The molecule has 0 saturated heterocycles. The van der Waals surface area contributed by atoms with E-state index in [1.165, 1.54) is 0 Å². The standard InChI is InChI=1S/C29H38N2O4/c1-30(2)17-9-5-7-11-25(32)21-13-15-27-23(19-21)29(34)24-20-22(14-16-28(24)35-27)26(33)12-8-6-10-18-31(3)4/h13-16,19-20H,5-12,17-18H2,1-4H3. The molecule has 1 heterocycles. The Morgan fingerprint density at radius 1 is 0.657 bits per heavy atom. The molecule has 1 aromatic heterocycles. The highest BCUT2D eigenvalue weighted by Gasteiger charge is 2.14. The van der Waals surface area contributed by atoms with Gasteiger partial charge in [-0.2, -0.15) is 0 Å². The summed E-state index contributed by atoms with van der Waals surface area (Å²) in [5, 5.41) is 0.758. The first-order valence-corrected chi connectivity index (χ1v) is 12.6. The van der Waals surface area contributed by atoms with Crippen LogP contribution in [0.1, 0.15) is 72.1 Å². The normalized spacial score (nSPS) is 11.7. The molecule has 0 bridgehead atoms. The monoisotopic (exact) mass is 478 g/mol. The molecule has 0 aliphatic rings. The van der Waals surface area contributed by atoms with E-state index >= 15 is 0 Å². The van der Waals surface area contributed by atoms with Gasteiger partial charge in [-0.15, -0.1) is 0 Å². The van der Waals surface area contributed by atoms with E-state index in [1.807, 2.05) is 28.2 Å². The van der Waals surface area contributed by atoms with Crippen LogP contribution < -0.4 is 5.43 Å². The Bertz CT molecular complexity index is 1140. The molecule has 2 aromatic carbocycles. The van der Waals surface area contributed by atoms with Crippen LogP contribution in [0.5, 0.6) is 0 Å². The van der Waals surface area contributed by atoms with Crippen LogP contribution in [0.4, 0.5) is 0 Å². The molecule has 0 spiro atoms. The number of hydrogen-bond donors (Lipinski definition) is 0. The summed E-state index contributed by atoms with van der Waals surface area (Å²) in [6, 6.07) is 10.1. The van der Waals surface area contributed by atoms with Gasteiger partial charge in [0.1, 0.15) is 11.2 Å². The highest BCUT2D eigenvalue weighted by Crippen LogP contribution is 2.22. The van der Waals surface area contributed by atoms with Gasteiger partial charge < -0.3 is 14.2 Å². The van der Waals surface area contributed by atoms with Gasteiger partial charge in [-0.05, 0) is 103 Å². The van der Waals surface area contributed by atoms with Crippen LogP contribution in [-0.2, 0) is 0 Å². The maximum Gasteiger partial charge on any atom is 0.200 e. The molecule has 35 heavy (non-hydrogen) atoms. The van der Waals surface area contributed by atoms with Crippen molar-refractivity contribution in [3.63, 3.8) is 0 Å². The summed E-state index contributed by atoms with van der Waals surface area (Å²) >= 11 is 0. The lowest BCUT2D eigenvalue weighted by atomic mass is 10.0. The van der Waals surface area contributed by atoms with Crippen molar-refractivity contribution in [1.29, 1.82) is 0 Å². The Kier molecular flexibility index (Phi) is 9.75. The fourth-order valence-corrected chi connectivity index (χ4v) is 4.27. The predicted octanol–water partition coefficient (Wildman–Crippen LogP) is 5.56. The molecule has 0 N–H and O–H groups in total. The number of carbonyl (C=O) groups excluding carboxylic acids is 2. The number of nitrogens with zero attached hydrogens (tertiary/aromatic N) is 2. The van der Waals surface area contributed by atoms with E-state index in [4.69, 9.17) is 4.42 Å². The molecular formula is C29H38N2O4. The minimum absolute atomic E-state index is 0.0365. The third-order valence-electron chi connectivity index (χ3n) is 6.33.